The van der Waals surface area contributed by atoms with Crippen LogP contribution in [-0.2, 0) is 16.2 Å². The minimum Gasteiger partial charge on any atom is -0.353 e. The zero-order chi connectivity index (χ0) is 22.6. The molecular formula is C19H21F3N6O2S. The van der Waals surface area contributed by atoms with Crippen LogP contribution in [0.3, 0.4) is 0 Å². The highest BCUT2D eigenvalue weighted by atomic mass is 32.2. The van der Waals surface area contributed by atoms with E-state index in [9.17, 15) is 21.6 Å². The van der Waals surface area contributed by atoms with Crippen molar-refractivity contribution in [3.63, 3.8) is 0 Å². The van der Waals surface area contributed by atoms with Crippen LogP contribution in [0.4, 0.5) is 19.0 Å². The highest BCUT2D eigenvalue weighted by molar-refractivity contribution is 7.88. The number of hydrogen-bond donors (Lipinski definition) is 0. The molecular weight excluding hydrogens is 433 g/mol. The smallest absolute Gasteiger partial charge is 0.353 e. The molecule has 1 aliphatic heterocycles. The third-order valence-electron chi connectivity index (χ3n) is 5.25. The Hall–Kier alpha value is -2.73. The second kappa shape index (κ2) is 7.45. The third kappa shape index (κ3) is 4.09. The van der Waals surface area contributed by atoms with Crippen molar-refractivity contribution in [2.24, 2.45) is 0 Å². The van der Waals surface area contributed by atoms with E-state index in [1.54, 1.807) is 6.07 Å². The number of aromatic nitrogens is 4. The van der Waals surface area contributed by atoms with E-state index in [1.165, 1.54) is 33.4 Å². The van der Waals surface area contributed by atoms with E-state index in [0.29, 0.717) is 30.2 Å². The molecule has 0 saturated carbocycles. The molecule has 0 aromatic carbocycles. The van der Waals surface area contributed by atoms with Gasteiger partial charge in [0.2, 0.25) is 10.0 Å². The van der Waals surface area contributed by atoms with Gasteiger partial charge in [0, 0.05) is 37.6 Å². The van der Waals surface area contributed by atoms with E-state index in [4.69, 9.17) is 0 Å². The lowest BCUT2D eigenvalue weighted by molar-refractivity contribution is -0.137. The van der Waals surface area contributed by atoms with Crippen LogP contribution >= 0.6 is 0 Å². The average Bonchev–Trinajstić information content (AvgIpc) is 3.09. The fraction of sp³-hybridized carbons (Fsp3) is 0.421. The van der Waals surface area contributed by atoms with Crippen molar-refractivity contribution < 1.29 is 21.6 Å². The topological polar surface area (TPSA) is 83.7 Å². The molecule has 0 N–H and O–H groups in total. The first kappa shape index (κ1) is 21.5. The molecule has 4 heterocycles. The summed E-state index contributed by atoms with van der Waals surface area (Å²) in [7, 11) is -3.34. The van der Waals surface area contributed by atoms with Gasteiger partial charge >= 0.3 is 6.18 Å². The lowest BCUT2D eigenvalue weighted by Gasteiger charge is -2.43. The Morgan fingerprint density at radius 3 is 2.35 bits per heavy atom. The molecule has 1 aliphatic rings. The molecule has 3 aromatic rings. The van der Waals surface area contributed by atoms with Crippen LogP contribution in [0.15, 0.2) is 36.8 Å². The molecule has 2 atom stereocenters. The van der Waals surface area contributed by atoms with Crippen molar-refractivity contribution in [1.82, 2.24) is 23.7 Å². The lowest BCUT2D eigenvalue weighted by atomic mass is 10.1. The molecule has 8 nitrogen and oxygen atoms in total. The fourth-order valence-electron chi connectivity index (χ4n) is 4.11. The first-order chi connectivity index (χ1) is 14.4. The van der Waals surface area contributed by atoms with E-state index in [0.717, 1.165) is 12.3 Å². The molecule has 0 unspecified atom stereocenters. The lowest BCUT2D eigenvalue weighted by Crippen LogP contribution is -2.58. The first-order valence-electron chi connectivity index (χ1n) is 9.56. The first-order valence-corrected chi connectivity index (χ1v) is 11.4. The second-order valence-corrected chi connectivity index (χ2v) is 9.61. The Kier molecular flexibility index (Phi) is 5.16. The average molecular weight is 454 g/mol. The summed E-state index contributed by atoms with van der Waals surface area (Å²) in [5.41, 5.74) is -0.116. The number of hydrogen-bond acceptors (Lipinski definition) is 6. The van der Waals surface area contributed by atoms with Gasteiger partial charge in [0.15, 0.2) is 5.82 Å². The Balaban J connectivity index is 1.69. The zero-order valence-corrected chi connectivity index (χ0v) is 17.9. The molecule has 166 valence electrons. The van der Waals surface area contributed by atoms with Crippen molar-refractivity contribution in [1.29, 1.82) is 0 Å². The molecule has 0 spiro atoms. The molecule has 0 amide bonds. The summed E-state index contributed by atoms with van der Waals surface area (Å²) in [6.07, 6.45) is 0.648. The van der Waals surface area contributed by atoms with Crippen LogP contribution < -0.4 is 4.90 Å². The van der Waals surface area contributed by atoms with Crippen molar-refractivity contribution >= 4 is 21.5 Å². The van der Waals surface area contributed by atoms with Crippen molar-refractivity contribution in [2.45, 2.75) is 32.1 Å². The Bertz CT molecular complexity index is 1210. The van der Waals surface area contributed by atoms with E-state index < -0.39 is 21.8 Å². The van der Waals surface area contributed by atoms with Crippen LogP contribution in [0.2, 0.25) is 0 Å². The number of fused-ring (bicyclic) bond motifs is 1. The number of piperazine rings is 1. The van der Waals surface area contributed by atoms with E-state index in [1.807, 2.05) is 18.7 Å². The Labute approximate surface area is 177 Å². The molecule has 31 heavy (non-hydrogen) atoms. The molecule has 0 bridgehead atoms. The van der Waals surface area contributed by atoms with Gasteiger partial charge in [-0.3, -0.25) is 4.40 Å². The molecule has 0 radical (unpaired) electrons. The molecule has 0 aliphatic carbocycles. The number of anilines is 1. The van der Waals surface area contributed by atoms with E-state index in [2.05, 4.69) is 15.0 Å². The van der Waals surface area contributed by atoms with Gasteiger partial charge in [-0.05, 0) is 32.0 Å². The van der Waals surface area contributed by atoms with Crippen LogP contribution in [0.5, 0.6) is 0 Å². The van der Waals surface area contributed by atoms with Crippen molar-refractivity contribution in [2.75, 3.05) is 24.2 Å². The normalized spacial score (nSPS) is 21.0. The highest BCUT2D eigenvalue weighted by Crippen LogP contribution is 2.31. The van der Waals surface area contributed by atoms with Crippen molar-refractivity contribution in [3.8, 4) is 11.5 Å². The number of nitrogens with zero attached hydrogens (tertiary/aromatic N) is 6. The number of imidazole rings is 1. The molecule has 4 rings (SSSR count). The maximum atomic E-state index is 13.1. The van der Waals surface area contributed by atoms with Gasteiger partial charge in [-0.25, -0.2) is 23.4 Å². The van der Waals surface area contributed by atoms with Crippen LogP contribution in [0, 0.1) is 0 Å². The van der Waals surface area contributed by atoms with Gasteiger partial charge in [0.25, 0.3) is 0 Å². The van der Waals surface area contributed by atoms with Crippen LogP contribution in [0.1, 0.15) is 19.4 Å². The summed E-state index contributed by atoms with van der Waals surface area (Å²) in [6.45, 7) is 4.52. The maximum absolute atomic E-state index is 13.1. The third-order valence-corrected chi connectivity index (χ3v) is 6.73. The van der Waals surface area contributed by atoms with Gasteiger partial charge in [0.1, 0.15) is 17.2 Å². The van der Waals surface area contributed by atoms with Crippen LogP contribution in [-0.4, -0.2) is 63.5 Å². The summed E-state index contributed by atoms with van der Waals surface area (Å²) in [5.74, 6) is 0.800. The monoisotopic (exact) mass is 454 g/mol. The number of pyridine rings is 1. The largest absolute Gasteiger partial charge is 0.417 e. The number of halogens is 3. The zero-order valence-electron chi connectivity index (χ0n) is 17.1. The predicted octanol–water partition coefficient (Wildman–Crippen LogP) is 2.67. The Morgan fingerprint density at radius 2 is 1.74 bits per heavy atom. The summed E-state index contributed by atoms with van der Waals surface area (Å²) in [4.78, 5) is 14.9. The molecule has 1 fully saturated rings. The van der Waals surface area contributed by atoms with Gasteiger partial charge in [-0.1, -0.05) is 0 Å². The SMILES string of the molecule is C[C@@H]1CN(c2ccnc(-c3cnc4ccc(C(F)(F)F)cn34)n2)C[C@H](C)N1S(C)(=O)=O. The highest BCUT2D eigenvalue weighted by Gasteiger charge is 2.36. The van der Waals surface area contributed by atoms with E-state index in [-0.39, 0.29) is 17.9 Å². The number of sulfonamides is 1. The minimum atomic E-state index is -4.48. The van der Waals surface area contributed by atoms with Gasteiger partial charge < -0.3 is 4.90 Å². The van der Waals surface area contributed by atoms with Gasteiger partial charge in [-0.15, -0.1) is 0 Å². The minimum absolute atomic E-state index is 0.232. The Morgan fingerprint density at radius 1 is 1.06 bits per heavy atom. The summed E-state index contributed by atoms with van der Waals surface area (Å²) in [6, 6.07) is 3.45. The van der Waals surface area contributed by atoms with Crippen molar-refractivity contribution in [3.05, 3.63) is 42.4 Å². The quantitative estimate of drug-likeness (QED) is 0.605. The van der Waals surface area contributed by atoms with Crippen LogP contribution in [0.25, 0.3) is 17.2 Å². The second-order valence-electron chi connectivity index (χ2n) is 7.72. The summed E-state index contributed by atoms with van der Waals surface area (Å²) >= 11 is 0. The molecule has 1 saturated heterocycles. The summed E-state index contributed by atoms with van der Waals surface area (Å²) < 4.78 is 66.3. The fourth-order valence-corrected chi connectivity index (χ4v) is 5.55. The number of rotatable bonds is 3. The van der Waals surface area contributed by atoms with Gasteiger partial charge in [0.05, 0.1) is 18.0 Å². The summed E-state index contributed by atoms with van der Waals surface area (Å²) in [5, 5.41) is 0. The molecule has 3 aromatic heterocycles. The van der Waals surface area contributed by atoms with Gasteiger partial charge in [-0.2, -0.15) is 17.5 Å². The molecule has 12 heteroatoms. The number of alkyl halides is 3. The van der Waals surface area contributed by atoms with E-state index >= 15 is 0 Å². The standard InChI is InChI=1S/C19H21F3N6O2S/c1-12-9-26(10-13(2)28(12)31(3,29)30)17-6-7-23-18(25-17)15-8-24-16-5-4-14(11-27(15)16)19(20,21)22/h4-8,11-13H,9-10H2,1-3H3/t12-,13+. The predicted molar refractivity (Wildman–Crippen MR) is 109 cm³/mol. The maximum Gasteiger partial charge on any atom is 0.417 e.